The van der Waals surface area contributed by atoms with E-state index < -0.39 is 21.8 Å². The molecule has 2 N–H and O–H groups in total. The molecule has 2 aromatic carbocycles. The predicted octanol–water partition coefficient (Wildman–Crippen LogP) is 3.44. The van der Waals surface area contributed by atoms with Crippen molar-refractivity contribution in [2.75, 3.05) is 4.72 Å². The van der Waals surface area contributed by atoms with Gasteiger partial charge in [-0.1, -0.05) is 24.3 Å². The van der Waals surface area contributed by atoms with Crippen LogP contribution in [-0.4, -0.2) is 29.4 Å². The smallest absolute Gasteiger partial charge is 0.294 e. The fourth-order valence-corrected chi connectivity index (χ4v) is 3.49. The fraction of sp³-hybridized carbons (Fsp3) is 0.167. The maximum Gasteiger partial charge on any atom is 0.416 e. The Morgan fingerprint density at radius 3 is 2.24 bits per heavy atom. The Bertz CT molecular complexity index is 1080. The number of H-pyrrole nitrogens is 1. The number of carbonyl (C=O) groups excluding carboxylic acids is 1. The van der Waals surface area contributed by atoms with Gasteiger partial charge in [0.15, 0.2) is 5.78 Å². The highest BCUT2D eigenvalue weighted by molar-refractivity contribution is 7.92. The molecule has 0 fully saturated rings. The van der Waals surface area contributed by atoms with Gasteiger partial charge >= 0.3 is 6.18 Å². The van der Waals surface area contributed by atoms with Crippen LogP contribution in [0.4, 0.5) is 19.1 Å². The molecule has 0 spiro atoms. The number of ketones is 1. The average Bonchev–Trinajstić information content (AvgIpc) is 3.18. The van der Waals surface area contributed by atoms with Crippen molar-refractivity contribution in [3.8, 4) is 0 Å². The Labute approximate surface area is 164 Å². The highest BCUT2D eigenvalue weighted by atomic mass is 32.2. The molecule has 29 heavy (non-hydrogen) atoms. The van der Waals surface area contributed by atoms with E-state index in [1.165, 1.54) is 36.4 Å². The molecule has 0 radical (unpaired) electrons. The van der Waals surface area contributed by atoms with Crippen molar-refractivity contribution in [3.63, 3.8) is 0 Å². The normalized spacial score (nSPS) is 12.0. The topological polar surface area (TPSA) is 105 Å². The molecule has 7 nitrogen and oxygen atoms in total. The summed E-state index contributed by atoms with van der Waals surface area (Å²) < 4.78 is 64.4. The highest BCUT2D eigenvalue weighted by Gasteiger charge is 2.29. The van der Waals surface area contributed by atoms with Crippen LogP contribution in [-0.2, 0) is 22.6 Å². The Morgan fingerprint density at radius 1 is 1.03 bits per heavy atom. The lowest BCUT2D eigenvalue weighted by molar-refractivity contribution is -0.137. The number of rotatable bonds is 7. The molecule has 3 rings (SSSR count). The highest BCUT2D eigenvalue weighted by Crippen LogP contribution is 2.29. The van der Waals surface area contributed by atoms with Crippen molar-refractivity contribution in [1.29, 1.82) is 0 Å². The van der Waals surface area contributed by atoms with Gasteiger partial charge in [-0.3, -0.25) is 4.79 Å². The molecule has 0 saturated heterocycles. The first-order valence-electron chi connectivity index (χ1n) is 8.33. The number of nitrogens with zero attached hydrogens (tertiary/aromatic N) is 2. The van der Waals surface area contributed by atoms with Gasteiger partial charge < -0.3 is 0 Å². The molecule has 0 aliphatic carbocycles. The van der Waals surface area contributed by atoms with Gasteiger partial charge in [0, 0.05) is 12.0 Å². The largest absolute Gasteiger partial charge is 0.416 e. The van der Waals surface area contributed by atoms with Crippen molar-refractivity contribution >= 4 is 21.8 Å². The number of aromatic amines is 1. The van der Waals surface area contributed by atoms with E-state index in [2.05, 4.69) is 19.9 Å². The number of benzene rings is 2. The van der Waals surface area contributed by atoms with Crippen LogP contribution >= 0.6 is 0 Å². The van der Waals surface area contributed by atoms with Crippen molar-refractivity contribution in [2.45, 2.75) is 23.9 Å². The lowest BCUT2D eigenvalue weighted by atomic mass is 10.0. The van der Waals surface area contributed by atoms with E-state index in [4.69, 9.17) is 0 Å². The van der Waals surface area contributed by atoms with Crippen LogP contribution in [0.25, 0.3) is 0 Å². The third-order valence-corrected chi connectivity index (χ3v) is 5.41. The number of aryl methyl sites for hydroxylation is 1. The van der Waals surface area contributed by atoms with E-state index in [-0.39, 0.29) is 29.5 Å². The van der Waals surface area contributed by atoms with Crippen LogP contribution < -0.4 is 4.72 Å². The van der Waals surface area contributed by atoms with Crippen LogP contribution in [0.5, 0.6) is 0 Å². The first-order chi connectivity index (χ1) is 13.6. The molecule has 152 valence electrons. The number of carbonyl (C=O) groups is 1. The summed E-state index contributed by atoms with van der Waals surface area (Å²) in [7, 11) is -3.88. The van der Waals surface area contributed by atoms with E-state index in [0.29, 0.717) is 11.1 Å². The molecular formula is C18H15F3N4O3S. The molecule has 0 unspecified atom stereocenters. The minimum absolute atomic E-state index is 0.0401. The average molecular weight is 424 g/mol. The quantitative estimate of drug-likeness (QED) is 0.566. The third kappa shape index (κ3) is 5.19. The van der Waals surface area contributed by atoms with E-state index in [9.17, 15) is 26.4 Å². The zero-order valence-corrected chi connectivity index (χ0v) is 15.6. The van der Waals surface area contributed by atoms with Gasteiger partial charge in [0.2, 0.25) is 5.95 Å². The molecule has 0 aliphatic rings. The van der Waals surface area contributed by atoms with Crippen molar-refractivity contribution in [2.24, 2.45) is 0 Å². The Balaban J connectivity index is 1.62. The summed E-state index contributed by atoms with van der Waals surface area (Å²) in [4.78, 5) is 15.9. The molecule has 3 aromatic rings. The second-order valence-corrected chi connectivity index (χ2v) is 7.76. The lowest BCUT2D eigenvalue weighted by Gasteiger charge is -2.08. The predicted molar refractivity (Wildman–Crippen MR) is 97.7 cm³/mol. The van der Waals surface area contributed by atoms with Crippen molar-refractivity contribution in [1.82, 2.24) is 15.2 Å². The first-order valence-corrected chi connectivity index (χ1v) is 9.81. The van der Waals surface area contributed by atoms with Crippen molar-refractivity contribution < 1.29 is 26.4 Å². The number of Topliss-reactive ketones (excluding diaryl/α,β-unsaturated/α-hetero) is 1. The number of hydrogen-bond donors (Lipinski definition) is 2. The molecule has 0 atom stereocenters. The number of halogens is 3. The molecular weight excluding hydrogens is 409 g/mol. The van der Waals surface area contributed by atoms with Crippen LogP contribution in [0.15, 0.2) is 59.8 Å². The van der Waals surface area contributed by atoms with Gasteiger partial charge in [-0.05, 0) is 36.2 Å². The lowest BCUT2D eigenvalue weighted by Crippen LogP contribution is -2.14. The van der Waals surface area contributed by atoms with Gasteiger partial charge in [-0.15, -0.1) is 0 Å². The number of hydrogen-bond acceptors (Lipinski definition) is 5. The third-order valence-electron chi connectivity index (χ3n) is 4.05. The van der Waals surface area contributed by atoms with Crippen LogP contribution in [0, 0.1) is 0 Å². The number of alkyl halides is 3. The van der Waals surface area contributed by atoms with E-state index in [1.54, 1.807) is 0 Å². The van der Waals surface area contributed by atoms with Crippen LogP contribution in [0.1, 0.15) is 27.9 Å². The maximum absolute atomic E-state index is 12.6. The number of nitrogens with one attached hydrogen (secondary N) is 2. The molecule has 11 heteroatoms. The van der Waals surface area contributed by atoms with Crippen LogP contribution in [0.3, 0.4) is 0 Å². The van der Waals surface area contributed by atoms with Crippen LogP contribution in [0.2, 0.25) is 0 Å². The van der Waals surface area contributed by atoms with Gasteiger partial charge in [0.25, 0.3) is 10.0 Å². The van der Waals surface area contributed by atoms with Crippen molar-refractivity contribution in [3.05, 3.63) is 71.5 Å². The fourth-order valence-electron chi connectivity index (χ4n) is 2.52. The second kappa shape index (κ2) is 8.03. The molecule has 1 heterocycles. The zero-order valence-electron chi connectivity index (χ0n) is 14.8. The van der Waals surface area contributed by atoms with Gasteiger partial charge in [0.1, 0.15) is 6.33 Å². The minimum Gasteiger partial charge on any atom is -0.294 e. The first kappa shape index (κ1) is 20.5. The van der Waals surface area contributed by atoms with E-state index in [1.807, 2.05) is 0 Å². The second-order valence-electron chi connectivity index (χ2n) is 6.08. The number of anilines is 1. The maximum atomic E-state index is 12.6. The number of sulfonamides is 1. The van der Waals surface area contributed by atoms with Gasteiger partial charge in [-0.25, -0.2) is 18.2 Å². The summed E-state index contributed by atoms with van der Waals surface area (Å²) in [5.41, 5.74) is 0.153. The summed E-state index contributed by atoms with van der Waals surface area (Å²) in [5.74, 6) is -0.293. The van der Waals surface area contributed by atoms with E-state index in [0.717, 1.165) is 18.5 Å². The molecule has 0 bridgehead atoms. The van der Waals surface area contributed by atoms with Gasteiger partial charge in [0.05, 0.1) is 10.5 Å². The number of aromatic nitrogens is 3. The summed E-state index contributed by atoms with van der Waals surface area (Å²) in [6.07, 6.45) is -2.91. The monoisotopic (exact) mass is 424 g/mol. The SMILES string of the molecule is O=C(CCc1ccc(C(F)(F)F)cc1)c1ccc(S(=O)(=O)Nc2ncn[nH]2)cc1. The zero-order chi connectivity index (χ0) is 21.1. The molecule has 1 aromatic heterocycles. The minimum atomic E-state index is -4.40. The Morgan fingerprint density at radius 2 is 1.69 bits per heavy atom. The molecule has 0 saturated carbocycles. The summed E-state index contributed by atoms with van der Waals surface area (Å²) in [6, 6.07) is 9.94. The van der Waals surface area contributed by atoms with Gasteiger partial charge in [-0.2, -0.15) is 23.3 Å². The van der Waals surface area contributed by atoms with E-state index >= 15 is 0 Å². The Kier molecular flexibility index (Phi) is 5.69. The summed E-state index contributed by atoms with van der Waals surface area (Å²) in [6.45, 7) is 0. The molecule has 0 amide bonds. The summed E-state index contributed by atoms with van der Waals surface area (Å²) >= 11 is 0. The Hall–Kier alpha value is -3.21. The molecule has 0 aliphatic heterocycles. The standard InChI is InChI=1S/C18H15F3N4O3S/c19-18(20,21)14-6-1-12(2-7-14)3-10-16(26)13-4-8-15(9-5-13)29(27,28)25-17-22-11-23-24-17/h1-2,4-9,11H,3,10H2,(H2,22,23,24,25). The summed E-state index contributed by atoms with van der Waals surface area (Å²) in [5, 5.41) is 5.90.